The number of rotatable bonds is 3. The summed E-state index contributed by atoms with van der Waals surface area (Å²) in [5.41, 5.74) is -1.87. The summed E-state index contributed by atoms with van der Waals surface area (Å²) < 4.78 is 33.6. The number of hydrogen-bond donors (Lipinski definition) is 1. The van der Waals surface area contributed by atoms with E-state index in [1.807, 2.05) is 6.92 Å². The number of carbonyl (C=O) groups excluding carboxylic acids is 2. The first kappa shape index (κ1) is 23.4. The summed E-state index contributed by atoms with van der Waals surface area (Å²) in [6, 6.07) is 2.73. The van der Waals surface area contributed by atoms with Crippen LogP contribution in [0.4, 0.5) is 8.78 Å². The summed E-state index contributed by atoms with van der Waals surface area (Å²) >= 11 is 0. The summed E-state index contributed by atoms with van der Waals surface area (Å²) in [4.78, 5) is 39.2. The molecule has 0 saturated carbocycles. The Labute approximate surface area is 198 Å². The molecular formula is C20H18F2N3NaO5. The maximum absolute atomic E-state index is 13.7. The number of fused-ring (bicyclic) bond motifs is 2. The number of aromatic nitrogens is 1. The van der Waals surface area contributed by atoms with E-state index in [1.165, 1.54) is 15.5 Å². The number of benzene rings is 1. The van der Waals surface area contributed by atoms with Crippen LogP contribution in [0.25, 0.3) is 0 Å². The predicted octanol–water partition coefficient (Wildman–Crippen LogP) is -2.28. The Balaban J connectivity index is 0.00000272. The first-order valence-electron chi connectivity index (χ1n) is 9.38. The van der Waals surface area contributed by atoms with Crippen molar-refractivity contribution in [1.82, 2.24) is 14.8 Å². The van der Waals surface area contributed by atoms with Crippen LogP contribution in [0.3, 0.4) is 0 Å². The van der Waals surface area contributed by atoms with Gasteiger partial charge in [0.05, 0.1) is 13.2 Å². The zero-order chi connectivity index (χ0) is 21.6. The Morgan fingerprint density at radius 1 is 1.32 bits per heavy atom. The number of nitrogens with one attached hydrogen (secondary N) is 1. The Bertz CT molecular complexity index is 1110. The van der Waals surface area contributed by atoms with Crippen LogP contribution in [-0.2, 0) is 17.8 Å². The number of pyridine rings is 1. The molecule has 1 aromatic carbocycles. The van der Waals surface area contributed by atoms with Gasteiger partial charge in [-0.1, -0.05) is 6.07 Å². The number of amides is 2. The van der Waals surface area contributed by atoms with Crippen LogP contribution < -0.4 is 45.4 Å². The van der Waals surface area contributed by atoms with Gasteiger partial charge in [-0.2, -0.15) is 0 Å². The molecule has 31 heavy (non-hydrogen) atoms. The summed E-state index contributed by atoms with van der Waals surface area (Å²) in [6.45, 7) is 2.08. The third kappa shape index (κ3) is 4.25. The standard InChI is InChI=1S/C20H19F2N3O5.Na/c1-10-4-5-30-15-9-24-8-13(17(26)18(27)16(24)20(29)25(10)15)19(28)23-7-11-2-3-12(21)6-14(11)22;/h2-3,6,8,10,15,27H,4-5,7,9H2,1H3,(H,23,28);/q;+1/p-1/t10?,15-;/m0./s1. The summed E-state index contributed by atoms with van der Waals surface area (Å²) in [5, 5.41) is 14.9. The van der Waals surface area contributed by atoms with Crippen LogP contribution in [-0.4, -0.2) is 40.2 Å². The first-order chi connectivity index (χ1) is 14.3. The van der Waals surface area contributed by atoms with Gasteiger partial charge in [-0.25, -0.2) is 8.78 Å². The van der Waals surface area contributed by atoms with Crippen molar-refractivity contribution < 1.29 is 57.8 Å². The molecule has 2 atom stereocenters. The molecule has 2 aromatic rings. The fraction of sp³-hybridized carbons (Fsp3) is 0.350. The number of hydrogen-bond acceptors (Lipinski definition) is 5. The molecule has 1 fully saturated rings. The Morgan fingerprint density at radius 2 is 2.06 bits per heavy atom. The predicted molar refractivity (Wildman–Crippen MR) is 97.7 cm³/mol. The fourth-order valence-electron chi connectivity index (χ4n) is 3.74. The van der Waals surface area contributed by atoms with Crippen molar-refractivity contribution in [2.24, 2.45) is 0 Å². The van der Waals surface area contributed by atoms with Gasteiger partial charge in [0, 0.05) is 30.4 Å². The average molecular weight is 441 g/mol. The Hall–Kier alpha value is -2.27. The molecule has 1 aromatic heterocycles. The molecule has 0 bridgehead atoms. The molecule has 0 aliphatic carbocycles. The van der Waals surface area contributed by atoms with E-state index in [0.29, 0.717) is 19.1 Å². The second kappa shape index (κ2) is 9.07. The van der Waals surface area contributed by atoms with E-state index in [2.05, 4.69) is 5.32 Å². The molecule has 11 heteroatoms. The van der Waals surface area contributed by atoms with Gasteiger partial charge in [0.25, 0.3) is 11.8 Å². The number of carbonyl (C=O) groups is 2. The SMILES string of the molecule is CC1CCO[C@H]2Cn3cc(C(=O)NCc4ccc(F)cc4F)c(=O)c([O-])c3C(=O)N12.[Na+]. The molecule has 3 heterocycles. The number of ether oxygens (including phenoxy) is 1. The van der Waals surface area contributed by atoms with Crippen LogP contribution >= 0.6 is 0 Å². The minimum atomic E-state index is -1.12. The van der Waals surface area contributed by atoms with E-state index in [0.717, 1.165) is 12.3 Å². The Kier molecular flexibility index (Phi) is 6.85. The zero-order valence-corrected chi connectivity index (χ0v) is 19.0. The minimum Gasteiger partial charge on any atom is -0.868 e. The Morgan fingerprint density at radius 3 is 2.77 bits per heavy atom. The molecule has 1 N–H and O–H groups in total. The molecule has 1 saturated heterocycles. The largest absolute Gasteiger partial charge is 1.00 e. The summed E-state index contributed by atoms with van der Waals surface area (Å²) in [6.07, 6.45) is 1.16. The van der Waals surface area contributed by atoms with Crippen LogP contribution in [0.1, 0.15) is 39.8 Å². The number of halogens is 2. The van der Waals surface area contributed by atoms with E-state index in [1.54, 1.807) is 0 Å². The van der Waals surface area contributed by atoms with Crippen LogP contribution in [0, 0.1) is 11.6 Å². The van der Waals surface area contributed by atoms with Gasteiger partial charge in [-0.05, 0) is 25.2 Å². The van der Waals surface area contributed by atoms with Gasteiger partial charge in [-0.3, -0.25) is 14.4 Å². The van der Waals surface area contributed by atoms with E-state index in [4.69, 9.17) is 4.74 Å². The van der Waals surface area contributed by atoms with Crippen LogP contribution in [0.5, 0.6) is 5.75 Å². The quantitative estimate of drug-likeness (QED) is 0.541. The van der Waals surface area contributed by atoms with Crippen LogP contribution in [0.2, 0.25) is 0 Å². The average Bonchev–Trinajstić information content (AvgIpc) is 2.69. The maximum Gasteiger partial charge on any atom is 1.00 e. The van der Waals surface area contributed by atoms with E-state index < -0.39 is 46.4 Å². The van der Waals surface area contributed by atoms with Gasteiger partial charge >= 0.3 is 29.6 Å². The van der Waals surface area contributed by atoms with E-state index >= 15 is 0 Å². The number of nitrogens with zero attached hydrogens (tertiary/aromatic N) is 2. The van der Waals surface area contributed by atoms with Gasteiger partial charge < -0.3 is 24.6 Å². The second-order valence-corrected chi connectivity index (χ2v) is 7.30. The van der Waals surface area contributed by atoms with Crippen molar-refractivity contribution in [1.29, 1.82) is 0 Å². The van der Waals surface area contributed by atoms with Crippen molar-refractivity contribution in [3.63, 3.8) is 0 Å². The third-order valence-corrected chi connectivity index (χ3v) is 5.36. The molecular weight excluding hydrogens is 423 g/mol. The molecule has 2 aliphatic heterocycles. The zero-order valence-electron chi connectivity index (χ0n) is 17.0. The molecule has 1 unspecified atom stereocenters. The van der Waals surface area contributed by atoms with Crippen molar-refractivity contribution >= 4 is 11.8 Å². The van der Waals surface area contributed by atoms with Gasteiger partial charge in [-0.15, -0.1) is 0 Å². The van der Waals surface area contributed by atoms with Gasteiger partial charge in [0.2, 0.25) is 0 Å². The normalized spacial score (nSPS) is 19.8. The molecule has 2 aliphatic rings. The topological polar surface area (TPSA) is 104 Å². The smallest absolute Gasteiger partial charge is 0.868 e. The van der Waals surface area contributed by atoms with Gasteiger partial charge in [0.15, 0.2) is 11.7 Å². The second-order valence-electron chi connectivity index (χ2n) is 7.30. The van der Waals surface area contributed by atoms with Gasteiger partial charge in [0.1, 0.15) is 22.9 Å². The minimum absolute atomic E-state index is 0. The summed E-state index contributed by atoms with van der Waals surface area (Å²) in [5.74, 6) is -4.19. The molecule has 158 valence electrons. The van der Waals surface area contributed by atoms with Crippen molar-refractivity contribution in [3.8, 4) is 5.75 Å². The van der Waals surface area contributed by atoms with Crippen LogP contribution in [0.15, 0.2) is 29.2 Å². The summed E-state index contributed by atoms with van der Waals surface area (Å²) in [7, 11) is 0. The molecule has 0 radical (unpaired) electrons. The van der Waals surface area contributed by atoms with Crippen molar-refractivity contribution in [2.75, 3.05) is 6.61 Å². The maximum atomic E-state index is 13.7. The first-order valence-corrected chi connectivity index (χ1v) is 9.38. The molecule has 4 rings (SSSR count). The molecule has 0 spiro atoms. The van der Waals surface area contributed by atoms with E-state index in [9.17, 15) is 28.3 Å². The molecule has 2 amide bonds. The third-order valence-electron chi connectivity index (χ3n) is 5.36. The van der Waals surface area contributed by atoms with Crippen molar-refractivity contribution in [2.45, 2.75) is 38.7 Å². The monoisotopic (exact) mass is 441 g/mol. The van der Waals surface area contributed by atoms with E-state index in [-0.39, 0.29) is 59.9 Å². The van der Waals surface area contributed by atoms with Crippen molar-refractivity contribution in [3.05, 3.63) is 63.1 Å². The fourth-order valence-corrected chi connectivity index (χ4v) is 3.74. The molecule has 8 nitrogen and oxygen atoms in total.